The van der Waals surface area contributed by atoms with Crippen LogP contribution in [0.15, 0.2) is 122 Å². The normalized spacial score (nSPS) is 11.4. The highest BCUT2D eigenvalue weighted by molar-refractivity contribution is 7.25. The van der Waals surface area contributed by atoms with Crippen molar-refractivity contribution < 1.29 is 0 Å². The maximum absolute atomic E-state index is 4.69. The zero-order chi connectivity index (χ0) is 23.2. The van der Waals surface area contributed by atoms with Crippen LogP contribution in [0.5, 0.6) is 0 Å². The first-order valence-corrected chi connectivity index (χ1v) is 12.3. The minimum absolute atomic E-state index is 0.938. The predicted molar refractivity (Wildman–Crippen MR) is 144 cm³/mol. The lowest BCUT2D eigenvalue weighted by atomic mass is 10.1. The highest BCUT2D eigenvalue weighted by atomic mass is 32.1. The van der Waals surface area contributed by atoms with E-state index in [1.165, 1.54) is 20.2 Å². The van der Waals surface area contributed by atoms with Gasteiger partial charge < -0.3 is 0 Å². The summed E-state index contributed by atoms with van der Waals surface area (Å²) < 4.78 is 6.81. The van der Waals surface area contributed by atoms with Gasteiger partial charge in [-0.3, -0.25) is 9.13 Å². The quantitative estimate of drug-likeness (QED) is 0.265. The zero-order valence-electron chi connectivity index (χ0n) is 18.7. The first-order valence-electron chi connectivity index (χ1n) is 11.5. The standard InChI is InChI=1S/C30H20N4S/c1-3-7-23(8-4-1)33-17-15-31-29(33)21-11-13-27-25(19-21)26-20-22(12-14-28(26)35-27)30-32-16-18-34(30)24-9-5-2-6-10-24/h1-20H. The van der Waals surface area contributed by atoms with Crippen molar-refractivity contribution in [2.24, 2.45) is 0 Å². The van der Waals surface area contributed by atoms with Crippen molar-refractivity contribution in [1.82, 2.24) is 19.1 Å². The Bertz CT molecular complexity index is 1660. The second-order valence-electron chi connectivity index (χ2n) is 8.44. The summed E-state index contributed by atoms with van der Waals surface area (Å²) >= 11 is 1.82. The lowest BCUT2D eigenvalue weighted by Gasteiger charge is -2.09. The van der Waals surface area contributed by atoms with Crippen LogP contribution in [0.3, 0.4) is 0 Å². The number of imidazole rings is 2. The first kappa shape index (κ1) is 19.9. The van der Waals surface area contributed by atoms with Crippen LogP contribution in [0.1, 0.15) is 0 Å². The number of para-hydroxylation sites is 2. The van der Waals surface area contributed by atoms with Crippen LogP contribution < -0.4 is 0 Å². The summed E-state index contributed by atoms with van der Waals surface area (Å²) in [6.07, 6.45) is 7.75. The monoisotopic (exact) mass is 468 g/mol. The van der Waals surface area contributed by atoms with Crippen LogP contribution >= 0.6 is 11.3 Å². The first-order chi connectivity index (χ1) is 17.3. The molecule has 5 heteroatoms. The molecule has 0 aliphatic carbocycles. The zero-order valence-corrected chi connectivity index (χ0v) is 19.6. The molecule has 0 saturated heterocycles. The minimum atomic E-state index is 0.938. The van der Waals surface area contributed by atoms with Crippen LogP contribution in [-0.2, 0) is 0 Å². The van der Waals surface area contributed by atoms with Crippen LogP contribution in [0, 0.1) is 0 Å². The number of aromatic nitrogens is 4. The van der Waals surface area contributed by atoms with Crippen molar-refractivity contribution in [3.05, 3.63) is 122 Å². The number of nitrogens with zero attached hydrogens (tertiary/aromatic N) is 4. The third-order valence-electron chi connectivity index (χ3n) is 6.34. The van der Waals surface area contributed by atoms with Crippen molar-refractivity contribution in [3.63, 3.8) is 0 Å². The summed E-state index contributed by atoms with van der Waals surface area (Å²) in [7, 11) is 0. The number of fused-ring (bicyclic) bond motifs is 3. The summed E-state index contributed by atoms with van der Waals surface area (Å²) in [4.78, 5) is 9.38. The number of thiophene rings is 1. The van der Waals surface area contributed by atoms with Gasteiger partial charge in [-0.2, -0.15) is 0 Å². The van der Waals surface area contributed by atoms with Gasteiger partial charge >= 0.3 is 0 Å². The molecular weight excluding hydrogens is 448 g/mol. The van der Waals surface area contributed by atoms with Crippen LogP contribution in [0.2, 0.25) is 0 Å². The lowest BCUT2D eigenvalue weighted by molar-refractivity contribution is 1.07. The highest BCUT2D eigenvalue weighted by Gasteiger charge is 2.14. The Kier molecular flexibility index (Phi) is 4.60. The lowest BCUT2D eigenvalue weighted by Crippen LogP contribution is -1.96. The van der Waals surface area contributed by atoms with Crippen LogP contribution in [0.4, 0.5) is 0 Å². The molecule has 3 heterocycles. The molecule has 0 atom stereocenters. The SMILES string of the molecule is c1ccc(-n2ccnc2-c2ccc3sc4ccc(-c5nccn5-c5ccccc5)cc4c3c2)cc1. The van der Waals surface area contributed by atoms with E-state index in [-0.39, 0.29) is 0 Å². The molecular formula is C30H20N4S. The van der Waals surface area contributed by atoms with Crippen LogP contribution in [-0.4, -0.2) is 19.1 Å². The fourth-order valence-corrected chi connectivity index (χ4v) is 5.75. The Morgan fingerprint density at radius 1 is 0.514 bits per heavy atom. The third-order valence-corrected chi connectivity index (χ3v) is 7.49. The Morgan fingerprint density at radius 3 is 1.43 bits per heavy atom. The average molecular weight is 469 g/mol. The van der Waals surface area contributed by atoms with Gasteiger partial charge in [0.1, 0.15) is 11.6 Å². The highest BCUT2D eigenvalue weighted by Crippen LogP contribution is 2.38. The van der Waals surface area contributed by atoms with Gasteiger partial charge in [-0.1, -0.05) is 36.4 Å². The summed E-state index contributed by atoms with van der Waals surface area (Å²) in [5, 5.41) is 2.48. The number of benzene rings is 4. The van der Waals surface area contributed by atoms with Gasteiger partial charge in [0, 0.05) is 67.5 Å². The fourth-order valence-electron chi connectivity index (χ4n) is 4.68. The van der Waals surface area contributed by atoms with E-state index in [0.717, 1.165) is 34.2 Å². The van der Waals surface area contributed by atoms with Gasteiger partial charge in [0.25, 0.3) is 0 Å². The molecule has 0 aliphatic heterocycles. The predicted octanol–water partition coefficient (Wildman–Crippen LogP) is 7.76. The molecule has 0 bridgehead atoms. The Balaban J connectivity index is 1.37. The molecule has 0 unspecified atom stereocenters. The summed E-state index contributed by atoms with van der Waals surface area (Å²) in [5.41, 5.74) is 4.40. The molecule has 7 aromatic rings. The topological polar surface area (TPSA) is 35.6 Å². The van der Waals surface area contributed by atoms with E-state index in [4.69, 9.17) is 9.97 Å². The molecule has 3 aromatic heterocycles. The van der Waals surface area contributed by atoms with Crippen molar-refractivity contribution in [3.8, 4) is 34.2 Å². The average Bonchev–Trinajstić information content (AvgIpc) is 3.67. The van der Waals surface area contributed by atoms with E-state index in [0.29, 0.717) is 0 Å². The summed E-state index contributed by atoms with van der Waals surface area (Å²) in [6.45, 7) is 0. The molecule has 35 heavy (non-hydrogen) atoms. The Morgan fingerprint density at radius 2 is 0.971 bits per heavy atom. The molecule has 0 aliphatic rings. The number of rotatable bonds is 4. The van der Waals surface area contributed by atoms with Crippen molar-refractivity contribution in [2.75, 3.05) is 0 Å². The van der Waals surface area contributed by atoms with Gasteiger partial charge in [0.15, 0.2) is 0 Å². The molecule has 0 fully saturated rings. The second kappa shape index (κ2) is 8.08. The van der Waals surface area contributed by atoms with Gasteiger partial charge in [-0.15, -0.1) is 11.3 Å². The molecule has 0 radical (unpaired) electrons. The fraction of sp³-hybridized carbons (Fsp3) is 0. The van der Waals surface area contributed by atoms with Crippen molar-refractivity contribution >= 4 is 31.5 Å². The van der Waals surface area contributed by atoms with E-state index in [9.17, 15) is 0 Å². The number of hydrogen-bond acceptors (Lipinski definition) is 3. The maximum Gasteiger partial charge on any atom is 0.144 e. The largest absolute Gasteiger partial charge is 0.300 e. The van der Waals surface area contributed by atoms with Gasteiger partial charge in [-0.25, -0.2) is 9.97 Å². The molecule has 0 spiro atoms. The van der Waals surface area contributed by atoms with Crippen molar-refractivity contribution in [2.45, 2.75) is 0 Å². The van der Waals surface area contributed by atoms with E-state index >= 15 is 0 Å². The van der Waals surface area contributed by atoms with E-state index < -0.39 is 0 Å². The van der Waals surface area contributed by atoms with Crippen molar-refractivity contribution in [1.29, 1.82) is 0 Å². The molecule has 0 saturated carbocycles. The maximum atomic E-state index is 4.69. The molecule has 4 aromatic carbocycles. The van der Waals surface area contributed by atoms with Gasteiger partial charge in [0.05, 0.1) is 0 Å². The minimum Gasteiger partial charge on any atom is -0.300 e. The second-order valence-corrected chi connectivity index (χ2v) is 9.52. The van der Waals surface area contributed by atoms with E-state index in [1.807, 2.05) is 48.3 Å². The molecule has 166 valence electrons. The molecule has 4 nitrogen and oxygen atoms in total. The number of hydrogen-bond donors (Lipinski definition) is 0. The Labute approximate surface area is 206 Å². The van der Waals surface area contributed by atoms with Gasteiger partial charge in [0.2, 0.25) is 0 Å². The summed E-state index contributed by atoms with van der Waals surface area (Å²) in [5.74, 6) is 1.88. The Hall–Kier alpha value is -4.48. The van der Waals surface area contributed by atoms with Gasteiger partial charge in [-0.05, 0) is 60.7 Å². The van der Waals surface area contributed by atoms with E-state index in [1.54, 1.807) is 0 Å². The molecule has 0 N–H and O–H groups in total. The summed E-state index contributed by atoms with van der Waals surface area (Å²) in [6, 6.07) is 34.0. The smallest absolute Gasteiger partial charge is 0.144 e. The van der Waals surface area contributed by atoms with E-state index in [2.05, 4.69) is 94.1 Å². The molecule has 7 rings (SSSR count). The third kappa shape index (κ3) is 3.36. The van der Waals surface area contributed by atoms with Crippen LogP contribution in [0.25, 0.3) is 54.3 Å². The molecule has 0 amide bonds.